The molecular weight excluding hydrogens is 238 g/mol. The maximum atomic E-state index is 13.8. The van der Waals surface area contributed by atoms with Gasteiger partial charge in [0.2, 0.25) is 0 Å². The molecule has 18 heavy (non-hydrogen) atoms. The van der Waals surface area contributed by atoms with E-state index in [4.69, 9.17) is 0 Å². The molecule has 0 bridgehead atoms. The van der Waals surface area contributed by atoms with Gasteiger partial charge in [0, 0.05) is 6.04 Å². The minimum atomic E-state index is -0.815. The molecule has 1 saturated heterocycles. The Hall–Kier alpha value is -1.49. The first-order valence-corrected chi connectivity index (χ1v) is 6.06. The highest BCUT2D eigenvalue weighted by Gasteiger charge is 2.22. The van der Waals surface area contributed by atoms with Gasteiger partial charge in [-0.3, -0.25) is 4.79 Å². The lowest BCUT2D eigenvalue weighted by atomic mass is 10.0. The highest BCUT2D eigenvalue weighted by molar-refractivity contribution is 5.95. The number of hydrogen-bond acceptors (Lipinski definition) is 2. The SMILES string of the molecule is Cc1ccc(F)c(C(=O)NC2CCNCC2)c1F. The maximum Gasteiger partial charge on any atom is 0.257 e. The van der Waals surface area contributed by atoms with Gasteiger partial charge in [0.25, 0.3) is 5.91 Å². The Labute approximate surface area is 105 Å². The normalized spacial score (nSPS) is 16.6. The zero-order valence-corrected chi connectivity index (χ0v) is 10.2. The number of halogens is 2. The van der Waals surface area contributed by atoms with Gasteiger partial charge in [-0.1, -0.05) is 6.07 Å². The summed E-state index contributed by atoms with van der Waals surface area (Å²) >= 11 is 0. The molecule has 2 N–H and O–H groups in total. The Bertz CT molecular complexity index is 457. The van der Waals surface area contributed by atoms with E-state index in [9.17, 15) is 13.6 Å². The molecule has 1 heterocycles. The van der Waals surface area contributed by atoms with Crippen molar-refractivity contribution in [3.63, 3.8) is 0 Å². The lowest BCUT2D eigenvalue weighted by Crippen LogP contribution is -2.43. The molecule has 1 aliphatic rings. The molecule has 1 aliphatic heterocycles. The van der Waals surface area contributed by atoms with E-state index in [1.165, 1.54) is 13.0 Å². The molecule has 98 valence electrons. The molecule has 0 saturated carbocycles. The zero-order valence-electron chi connectivity index (χ0n) is 10.2. The molecule has 0 radical (unpaired) electrons. The minimum Gasteiger partial charge on any atom is -0.349 e. The molecule has 0 spiro atoms. The van der Waals surface area contributed by atoms with Gasteiger partial charge in [0.05, 0.1) is 0 Å². The molecule has 3 nitrogen and oxygen atoms in total. The van der Waals surface area contributed by atoms with Crippen molar-refractivity contribution in [2.45, 2.75) is 25.8 Å². The van der Waals surface area contributed by atoms with Crippen molar-refractivity contribution in [2.75, 3.05) is 13.1 Å². The number of benzene rings is 1. The van der Waals surface area contributed by atoms with Crippen molar-refractivity contribution < 1.29 is 13.6 Å². The molecule has 1 fully saturated rings. The van der Waals surface area contributed by atoms with Gasteiger partial charge in [-0.25, -0.2) is 8.78 Å². The molecule has 1 amide bonds. The van der Waals surface area contributed by atoms with E-state index in [-0.39, 0.29) is 11.6 Å². The third-order valence-electron chi connectivity index (χ3n) is 3.19. The third-order valence-corrected chi connectivity index (χ3v) is 3.19. The van der Waals surface area contributed by atoms with E-state index in [2.05, 4.69) is 10.6 Å². The Morgan fingerprint density at radius 3 is 2.67 bits per heavy atom. The first-order chi connectivity index (χ1) is 8.59. The van der Waals surface area contributed by atoms with Gasteiger partial charge in [-0.15, -0.1) is 0 Å². The molecule has 5 heteroatoms. The van der Waals surface area contributed by atoms with Crippen LogP contribution in [0, 0.1) is 18.6 Å². The van der Waals surface area contributed by atoms with Gasteiger partial charge in [0.15, 0.2) is 0 Å². The van der Waals surface area contributed by atoms with Crippen LogP contribution in [-0.4, -0.2) is 25.0 Å². The predicted octanol–water partition coefficient (Wildman–Crippen LogP) is 1.76. The van der Waals surface area contributed by atoms with Crippen LogP contribution in [-0.2, 0) is 0 Å². The third kappa shape index (κ3) is 2.67. The topological polar surface area (TPSA) is 41.1 Å². The predicted molar refractivity (Wildman–Crippen MR) is 64.5 cm³/mol. The Morgan fingerprint density at radius 1 is 1.33 bits per heavy atom. The van der Waals surface area contributed by atoms with Crippen LogP contribution in [0.2, 0.25) is 0 Å². The summed E-state index contributed by atoms with van der Waals surface area (Å²) in [5, 5.41) is 5.85. The fraction of sp³-hybridized carbons (Fsp3) is 0.462. The number of rotatable bonds is 2. The van der Waals surface area contributed by atoms with Gasteiger partial charge >= 0.3 is 0 Å². The number of hydrogen-bond donors (Lipinski definition) is 2. The van der Waals surface area contributed by atoms with E-state index in [0.717, 1.165) is 32.0 Å². The quantitative estimate of drug-likeness (QED) is 0.844. The van der Waals surface area contributed by atoms with Crippen LogP contribution in [0.15, 0.2) is 12.1 Å². The molecule has 0 unspecified atom stereocenters. The van der Waals surface area contributed by atoms with Crippen molar-refractivity contribution in [3.05, 3.63) is 34.9 Å². The van der Waals surface area contributed by atoms with Crippen molar-refractivity contribution >= 4 is 5.91 Å². The minimum absolute atomic E-state index is 0.0157. The van der Waals surface area contributed by atoms with E-state index < -0.39 is 23.1 Å². The summed E-state index contributed by atoms with van der Waals surface area (Å²) in [6.45, 7) is 3.13. The highest BCUT2D eigenvalue weighted by atomic mass is 19.1. The van der Waals surface area contributed by atoms with Crippen LogP contribution >= 0.6 is 0 Å². The van der Waals surface area contributed by atoms with Gasteiger partial charge in [-0.2, -0.15) is 0 Å². The van der Waals surface area contributed by atoms with Gasteiger partial charge in [-0.05, 0) is 44.5 Å². The van der Waals surface area contributed by atoms with Crippen LogP contribution in [0.4, 0.5) is 8.78 Å². The van der Waals surface area contributed by atoms with Crippen molar-refractivity contribution in [3.8, 4) is 0 Å². The van der Waals surface area contributed by atoms with Crippen molar-refractivity contribution in [1.29, 1.82) is 0 Å². The molecule has 0 aromatic heterocycles. The molecular formula is C13H16F2N2O. The van der Waals surface area contributed by atoms with E-state index in [1.54, 1.807) is 0 Å². The molecule has 2 rings (SSSR count). The fourth-order valence-corrected chi connectivity index (χ4v) is 2.09. The van der Waals surface area contributed by atoms with E-state index >= 15 is 0 Å². The Kier molecular flexibility index (Phi) is 3.91. The van der Waals surface area contributed by atoms with Crippen LogP contribution in [0.5, 0.6) is 0 Å². The largest absolute Gasteiger partial charge is 0.349 e. The summed E-state index contributed by atoms with van der Waals surface area (Å²) in [6, 6.07) is 2.43. The second-order valence-electron chi connectivity index (χ2n) is 4.55. The van der Waals surface area contributed by atoms with Gasteiger partial charge < -0.3 is 10.6 Å². The lowest BCUT2D eigenvalue weighted by Gasteiger charge is -2.23. The second-order valence-corrected chi connectivity index (χ2v) is 4.55. The Balaban J connectivity index is 2.15. The van der Waals surface area contributed by atoms with E-state index in [0.29, 0.717) is 0 Å². The summed E-state index contributed by atoms with van der Waals surface area (Å²) in [5.74, 6) is -2.26. The summed E-state index contributed by atoms with van der Waals surface area (Å²) in [5.41, 5.74) is -0.208. The summed E-state index contributed by atoms with van der Waals surface area (Å²) in [4.78, 5) is 11.9. The van der Waals surface area contributed by atoms with Gasteiger partial charge in [0.1, 0.15) is 17.2 Å². The first-order valence-electron chi connectivity index (χ1n) is 6.06. The zero-order chi connectivity index (χ0) is 13.1. The standard InChI is InChI=1S/C13H16F2N2O/c1-8-2-3-10(14)11(12(8)15)13(18)17-9-4-6-16-7-5-9/h2-3,9,16H,4-7H2,1H3,(H,17,18). The molecule has 1 aromatic carbocycles. The lowest BCUT2D eigenvalue weighted by molar-refractivity contribution is 0.0921. The van der Waals surface area contributed by atoms with E-state index in [1.807, 2.05) is 0 Å². The Morgan fingerprint density at radius 2 is 2.00 bits per heavy atom. The number of carbonyl (C=O) groups excluding carboxylic acids is 1. The van der Waals surface area contributed by atoms with Crippen LogP contribution in [0.1, 0.15) is 28.8 Å². The highest BCUT2D eigenvalue weighted by Crippen LogP contribution is 2.17. The van der Waals surface area contributed by atoms with Crippen LogP contribution in [0.25, 0.3) is 0 Å². The average Bonchev–Trinajstić information content (AvgIpc) is 2.36. The average molecular weight is 254 g/mol. The number of piperidine rings is 1. The fourth-order valence-electron chi connectivity index (χ4n) is 2.09. The maximum absolute atomic E-state index is 13.8. The smallest absolute Gasteiger partial charge is 0.257 e. The summed E-state index contributed by atoms with van der Waals surface area (Å²) < 4.78 is 27.3. The monoisotopic (exact) mass is 254 g/mol. The second kappa shape index (κ2) is 5.44. The summed E-state index contributed by atoms with van der Waals surface area (Å²) in [6.07, 6.45) is 1.56. The van der Waals surface area contributed by atoms with Crippen molar-refractivity contribution in [1.82, 2.24) is 10.6 Å². The number of carbonyl (C=O) groups is 1. The molecule has 1 aromatic rings. The van der Waals surface area contributed by atoms with Crippen LogP contribution in [0.3, 0.4) is 0 Å². The summed E-state index contributed by atoms with van der Waals surface area (Å²) in [7, 11) is 0. The number of aryl methyl sites for hydroxylation is 1. The van der Waals surface area contributed by atoms with Crippen LogP contribution < -0.4 is 10.6 Å². The van der Waals surface area contributed by atoms with Crippen molar-refractivity contribution in [2.24, 2.45) is 0 Å². The number of nitrogens with one attached hydrogen (secondary N) is 2. The first kappa shape index (κ1) is 13.0. The number of amides is 1. The molecule has 0 aliphatic carbocycles. The molecule has 0 atom stereocenters.